The normalized spacial score (nSPS) is 18.9. The SMILES string of the molecule is CN(C)CCCN1CC(COCc2cc(C(F)(F)F)cc(C(F)(F)F)c2)(c2ccccc2)NC1=O. The summed E-state index contributed by atoms with van der Waals surface area (Å²) in [6, 6.07) is 9.99. The molecule has 2 aromatic rings. The minimum atomic E-state index is -4.94. The van der Waals surface area contributed by atoms with E-state index in [9.17, 15) is 31.1 Å². The molecule has 0 aliphatic carbocycles. The second-order valence-electron chi connectivity index (χ2n) is 8.86. The Morgan fingerprint density at radius 2 is 1.60 bits per heavy atom. The number of urea groups is 1. The maximum absolute atomic E-state index is 13.2. The molecule has 1 saturated heterocycles. The Morgan fingerprint density at radius 1 is 1.00 bits per heavy atom. The Bertz CT molecular complexity index is 978. The summed E-state index contributed by atoms with van der Waals surface area (Å²) in [5.74, 6) is 0. The number of carbonyl (C=O) groups is 1. The lowest BCUT2D eigenvalue weighted by molar-refractivity contribution is -0.143. The van der Waals surface area contributed by atoms with E-state index in [0.717, 1.165) is 18.5 Å². The zero-order valence-electron chi connectivity index (χ0n) is 19.3. The summed E-state index contributed by atoms with van der Waals surface area (Å²) in [5.41, 5.74) is -3.33. The second kappa shape index (κ2) is 10.4. The van der Waals surface area contributed by atoms with Crippen molar-refractivity contribution in [3.05, 3.63) is 70.8 Å². The molecule has 0 bridgehead atoms. The largest absolute Gasteiger partial charge is 0.416 e. The van der Waals surface area contributed by atoms with E-state index in [-0.39, 0.29) is 30.8 Å². The number of carbonyl (C=O) groups excluding carboxylic acids is 1. The van der Waals surface area contributed by atoms with Crippen molar-refractivity contribution in [2.75, 3.05) is 40.3 Å². The molecule has 1 aliphatic rings. The molecule has 3 rings (SSSR count). The van der Waals surface area contributed by atoms with Gasteiger partial charge in [-0.1, -0.05) is 30.3 Å². The smallest absolute Gasteiger partial charge is 0.374 e. The van der Waals surface area contributed by atoms with Gasteiger partial charge in [0.25, 0.3) is 0 Å². The molecule has 2 amide bonds. The Hall–Kier alpha value is -2.79. The second-order valence-corrected chi connectivity index (χ2v) is 8.86. The standard InChI is InChI=1S/C24H27F6N3O2/c1-32(2)9-6-10-33-15-22(31-21(33)34,18-7-4-3-5-8-18)16-35-14-17-11-19(23(25,26)27)13-20(12-17)24(28,29)30/h3-5,7-8,11-13H,6,9-10,14-16H2,1-2H3,(H,31,34). The van der Waals surface area contributed by atoms with Crippen LogP contribution in [0, 0.1) is 0 Å². The highest BCUT2D eigenvalue weighted by Crippen LogP contribution is 2.37. The zero-order valence-corrected chi connectivity index (χ0v) is 19.3. The lowest BCUT2D eigenvalue weighted by Crippen LogP contribution is -2.44. The number of alkyl halides is 6. The Kier molecular flexibility index (Phi) is 8.00. The van der Waals surface area contributed by atoms with Crippen LogP contribution in [0.25, 0.3) is 0 Å². The molecule has 192 valence electrons. The number of amides is 2. The zero-order chi connectivity index (χ0) is 25.9. The van der Waals surface area contributed by atoms with Crippen molar-refractivity contribution < 1.29 is 35.9 Å². The summed E-state index contributed by atoms with van der Waals surface area (Å²) in [5, 5.41) is 2.92. The van der Waals surface area contributed by atoms with Gasteiger partial charge < -0.3 is 19.9 Å². The van der Waals surface area contributed by atoms with Crippen molar-refractivity contribution in [3.8, 4) is 0 Å². The van der Waals surface area contributed by atoms with Gasteiger partial charge in [0.2, 0.25) is 0 Å². The molecule has 1 fully saturated rings. The third-order valence-electron chi connectivity index (χ3n) is 5.72. The molecular weight excluding hydrogens is 476 g/mol. The first-order chi connectivity index (χ1) is 16.3. The van der Waals surface area contributed by atoms with E-state index >= 15 is 0 Å². The first-order valence-corrected chi connectivity index (χ1v) is 10.9. The van der Waals surface area contributed by atoms with Gasteiger partial charge in [0.15, 0.2) is 0 Å². The number of nitrogens with zero attached hydrogens (tertiary/aromatic N) is 2. The van der Waals surface area contributed by atoms with E-state index < -0.39 is 35.6 Å². The molecule has 0 spiro atoms. The highest BCUT2D eigenvalue weighted by Gasteiger charge is 2.44. The van der Waals surface area contributed by atoms with Crippen LogP contribution in [0.5, 0.6) is 0 Å². The summed E-state index contributed by atoms with van der Waals surface area (Å²) in [6.45, 7) is 0.888. The molecule has 1 unspecified atom stereocenters. The molecule has 0 saturated carbocycles. The van der Waals surface area contributed by atoms with E-state index in [1.807, 2.05) is 19.0 Å². The molecule has 5 nitrogen and oxygen atoms in total. The van der Waals surface area contributed by atoms with Crippen LogP contribution in [0.15, 0.2) is 48.5 Å². The molecule has 2 aromatic carbocycles. The van der Waals surface area contributed by atoms with E-state index in [0.29, 0.717) is 18.7 Å². The van der Waals surface area contributed by atoms with Crippen LogP contribution in [0.2, 0.25) is 0 Å². The number of hydrogen-bond acceptors (Lipinski definition) is 3. The average molecular weight is 503 g/mol. The first kappa shape index (κ1) is 26.8. The van der Waals surface area contributed by atoms with Crippen LogP contribution >= 0.6 is 0 Å². The lowest BCUT2D eigenvalue weighted by atomic mass is 9.91. The van der Waals surface area contributed by atoms with E-state index in [1.54, 1.807) is 35.2 Å². The average Bonchev–Trinajstić information content (AvgIpc) is 3.09. The molecule has 1 heterocycles. The van der Waals surface area contributed by atoms with Crippen molar-refractivity contribution in [2.45, 2.75) is 30.9 Å². The number of benzene rings is 2. The fraction of sp³-hybridized carbons (Fsp3) is 0.458. The third-order valence-corrected chi connectivity index (χ3v) is 5.72. The summed E-state index contributed by atoms with van der Waals surface area (Å²) >= 11 is 0. The van der Waals surface area contributed by atoms with Crippen molar-refractivity contribution >= 4 is 6.03 Å². The number of nitrogens with one attached hydrogen (secondary N) is 1. The highest BCUT2D eigenvalue weighted by atomic mass is 19.4. The Balaban J connectivity index is 1.79. The molecular formula is C24H27F6N3O2. The fourth-order valence-electron chi connectivity index (χ4n) is 4.01. The molecule has 1 aliphatic heterocycles. The van der Waals surface area contributed by atoms with Crippen LogP contribution in [0.1, 0.15) is 28.7 Å². The monoisotopic (exact) mass is 503 g/mol. The molecule has 0 radical (unpaired) electrons. The third kappa shape index (κ3) is 6.88. The summed E-state index contributed by atoms with van der Waals surface area (Å²) < 4.78 is 84.6. The molecule has 1 N–H and O–H groups in total. The van der Waals surface area contributed by atoms with Gasteiger partial charge in [-0.2, -0.15) is 26.3 Å². The van der Waals surface area contributed by atoms with Crippen molar-refractivity contribution in [3.63, 3.8) is 0 Å². The number of halogens is 6. The highest BCUT2D eigenvalue weighted by molar-refractivity contribution is 5.78. The molecule has 1 atom stereocenters. The Labute approximate surface area is 199 Å². The van der Waals surface area contributed by atoms with Gasteiger partial charge in [0.05, 0.1) is 30.9 Å². The molecule has 35 heavy (non-hydrogen) atoms. The maximum Gasteiger partial charge on any atom is 0.416 e. The van der Waals surface area contributed by atoms with Gasteiger partial charge >= 0.3 is 18.4 Å². The van der Waals surface area contributed by atoms with Gasteiger partial charge in [0, 0.05) is 6.54 Å². The van der Waals surface area contributed by atoms with Crippen molar-refractivity contribution in [1.82, 2.24) is 15.1 Å². The van der Waals surface area contributed by atoms with Crippen LogP contribution in [-0.2, 0) is 29.2 Å². The van der Waals surface area contributed by atoms with Crippen LogP contribution in [0.3, 0.4) is 0 Å². The molecule has 11 heteroatoms. The summed E-state index contributed by atoms with van der Waals surface area (Å²) in [4.78, 5) is 16.3. The van der Waals surface area contributed by atoms with Gasteiger partial charge in [0.1, 0.15) is 5.54 Å². The van der Waals surface area contributed by atoms with E-state index in [4.69, 9.17) is 4.74 Å². The summed E-state index contributed by atoms with van der Waals surface area (Å²) in [7, 11) is 3.84. The first-order valence-electron chi connectivity index (χ1n) is 10.9. The van der Waals surface area contributed by atoms with Crippen LogP contribution in [0.4, 0.5) is 31.1 Å². The van der Waals surface area contributed by atoms with Crippen molar-refractivity contribution in [2.24, 2.45) is 0 Å². The topological polar surface area (TPSA) is 44.8 Å². The van der Waals surface area contributed by atoms with Gasteiger partial charge in [-0.15, -0.1) is 0 Å². The quantitative estimate of drug-likeness (QED) is 0.484. The number of hydrogen-bond donors (Lipinski definition) is 1. The number of rotatable bonds is 9. The van der Waals surface area contributed by atoms with Crippen LogP contribution < -0.4 is 5.32 Å². The van der Waals surface area contributed by atoms with Gasteiger partial charge in [-0.25, -0.2) is 4.79 Å². The van der Waals surface area contributed by atoms with E-state index in [1.165, 1.54) is 0 Å². The van der Waals surface area contributed by atoms with Crippen LogP contribution in [-0.4, -0.2) is 56.2 Å². The minimum Gasteiger partial charge on any atom is -0.374 e. The van der Waals surface area contributed by atoms with E-state index in [2.05, 4.69) is 5.32 Å². The summed E-state index contributed by atoms with van der Waals surface area (Å²) in [6.07, 6.45) is -9.14. The fourth-order valence-corrected chi connectivity index (χ4v) is 4.01. The molecule has 0 aromatic heterocycles. The predicted molar refractivity (Wildman–Crippen MR) is 117 cm³/mol. The Morgan fingerprint density at radius 3 is 2.14 bits per heavy atom. The number of ether oxygens (including phenoxy) is 1. The van der Waals surface area contributed by atoms with Gasteiger partial charge in [-0.3, -0.25) is 0 Å². The van der Waals surface area contributed by atoms with Crippen molar-refractivity contribution in [1.29, 1.82) is 0 Å². The minimum absolute atomic E-state index is 0.0811. The predicted octanol–water partition coefficient (Wildman–Crippen LogP) is 5.11. The lowest BCUT2D eigenvalue weighted by Gasteiger charge is -2.29. The maximum atomic E-state index is 13.2. The van der Waals surface area contributed by atoms with Gasteiger partial charge in [-0.05, 0) is 56.4 Å².